The zero-order valence-electron chi connectivity index (χ0n) is 13.7. The standard InChI is InChI=1S/C19H19ClN2O2/c1-13-6-8-17(9-7-13)22-11-14(2)21(12-18(22)23)19(24)15-4-3-5-16(20)10-15/h3-10,14H,11-12H2,1-2H3/t14-/m1/s1. The van der Waals surface area contributed by atoms with E-state index in [-0.39, 0.29) is 24.4 Å². The molecule has 1 heterocycles. The predicted molar refractivity (Wildman–Crippen MR) is 95.5 cm³/mol. The highest BCUT2D eigenvalue weighted by atomic mass is 35.5. The molecular weight excluding hydrogens is 324 g/mol. The first-order valence-electron chi connectivity index (χ1n) is 7.89. The average Bonchev–Trinajstić information content (AvgIpc) is 2.57. The monoisotopic (exact) mass is 342 g/mol. The Morgan fingerprint density at radius 2 is 1.88 bits per heavy atom. The lowest BCUT2D eigenvalue weighted by atomic mass is 10.1. The summed E-state index contributed by atoms with van der Waals surface area (Å²) in [6.45, 7) is 4.51. The van der Waals surface area contributed by atoms with Crippen LogP contribution in [0.15, 0.2) is 48.5 Å². The topological polar surface area (TPSA) is 40.6 Å². The molecule has 2 aromatic rings. The van der Waals surface area contributed by atoms with Gasteiger partial charge in [-0.05, 0) is 44.2 Å². The van der Waals surface area contributed by atoms with Crippen molar-refractivity contribution in [2.24, 2.45) is 0 Å². The van der Waals surface area contributed by atoms with Crippen LogP contribution < -0.4 is 4.90 Å². The summed E-state index contributed by atoms with van der Waals surface area (Å²) in [6, 6.07) is 14.6. The second-order valence-corrected chi connectivity index (χ2v) is 6.57. The van der Waals surface area contributed by atoms with Crippen molar-refractivity contribution in [3.63, 3.8) is 0 Å². The minimum atomic E-state index is -0.165. The number of rotatable bonds is 2. The van der Waals surface area contributed by atoms with E-state index in [4.69, 9.17) is 11.6 Å². The fourth-order valence-corrected chi connectivity index (χ4v) is 3.08. The molecule has 1 fully saturated rings. The zero-order valence-corrected chi connectivity index (χ0v) is 14.5. The normalized spacial score (nSPS) is 18.0. The minimum absolute atomic E-state index is 0.0698. The Kier molecular flexibility index (Phi) is 4.58. The highest BCUT2D eigenvalue weighted by molar-refractivity contribution is 6.31. The molecule has 0 N–H and O–H groups in total. The number of benzene rings is 2. The quantitative estimate of drug-likeness (QED) is 0.837. The third kappa shape index (κ3) is 3.29. The van der Waals surface area contributed by atoms with Crippen LogP contribution >= 0.6 is 11.6 Å². The molecule has 1 aliphatic heterocycles. The highest BCUT2D eigenvalue weighted by Gasteiger charge is 2.33. The molecule has 1 atom stereocenters. The molecule has 3 rings (SSSR count). The molecule has 0 saturated carbocycles. The van der Waals surface area contributed by atoms with Gasteiger partial charge >= 0.3 is 0 Å². The predicted octanol–water partition coefficient (Wildman–Crippen LogP) is 3.53. The Balaban J connectivity index is 1.79. The Morgan fingerprint density at radius 1 is 1.17 bits per heavy atom. The van der Waals surface area contributed by atoms with Gasteiger partial charge < -0.3 is 9.80 Å². The van der Waals surface area contributed by atoms with Crippen LogP contribution in [0.3, 0.4) is 0 Å². The summed E-state index contributed by atoms with van der Waals surface area (Å²) in [5.41, 5.74) is 2.52. The highest BCUT2D eigenvalue weighted by Crippen LogP contribution is 2.22. The van der Waals surface area contributed by atoms with Gasteiger partial charge in [-0.25, -0.2) is 0 Å². The maximum atomic E-state index is 12.7. The van der Waals surface area contributed by atoms with Crippen LogP contribution in [-0.2, 0) is 4.79 Å². The number of hydrogen-bond acceptors (Lipinski definition) is 2. The second kappa shape index (κ2) is 6.65. The third-order valence-corrected chi connectivity index (χ3v) is 4.50. The van der Waals surface area contributed by atoms with Crippen LogP contribution in [0.4, 0.5) is 5.69 Å². The van der Waals surface area contributed by atoms with Gasteiger partial charge in [0.1, 0.15) is 6.54 Å². The Labute approximate surface area is 146 Å². The molecule has 0 aliphatic carbocycles. The van der Waals surface area contributed by atoms with Gasteiger partial charge in [-0.1, -0.05) is 35.4 Å². The van der Waals surface area contributed by atoms with Gasteiger partial charge in [-0.15, -0.1) is 0 Å². The molecule has 0 aromatic heterocycles. The van der Waals surface area contributed by atoms with E-state index < -0.39 is 0 Å². The molecule has 4 nitrogen and oxygen atoms in total. The van der Waals surface area contributed by atoms with Gasteiger partial charge in [0, 0.05) is 28.9 Å². The maximum Gasteiger partial charge on any atom is 0.254 e. The first kappa shape index (κ1) is 16.5. The molecule has 0 radical (unpaired) electrons. The Bertz CT molecular complexity index is 773. The smallest absolute Gasteiger partial charge is 0.254 e. The summed E-state index contributed by atoms with van der Waals surface area (Å²) in [6.07, 6.45) is 0. The van der Waals surface area contributed by atoms with Crippen LogP contribution in [0.2, 0.25) is 5.02 Å². The number of carbonyl (C=O) groups is 2. The van der Waals surface area contributed by atoms with Crippen molar-refractivity contribution in [2.75, 3.05) is 18.0 Å². The van der Waals surface area contributed by atoms with E-state index in [2.05, 4.69) is 0 Å². The van der Waals surface area contributed by atoms with Crippen molar-refractivity contribution in [3.05, 3.63) is 64.7 Å². The molecule has 124 valence electrons. The van der Waals surface area contributed by atoms with Crippen molar-refractivity contribution in [1.82, 2.24) is 4.90 Å². The second-order valence-electron chi connectivity index (χ2n) is 6.13. The van der Waals surface area contributed by atoms with Crippen molar-refractivity contribution in [3.8, 4) is 0 Å². The van der Waals surface area contributed by atoms with E-state index in [1.165, 1.54) is 0 Å². The number of anilines is 1. The number of carbonyl (C=O) groups excluding carboxylic acids is 2. The van der Waals surface area contributed by atoms with Crippen molar-refractivity contribution < 1.29 is 9.59 Å². The molecule has 1 aliphatic rings. The van der Waals surface area contributed by atoms with Crippen molar-refractivity contribution in [2.45, 2.75) is 19.9 Å². The van der Waals surface area contributed by atoms with Crippen molar-refractivity contribution >= 4 is 29.1 Å². The molecule has 5 heteroatoms. The summed E-state index contributed by atoms with van der Waals surface area (Å²) in [5, 5.41) is 0.512. The van der Waals surface area contributed by atoms with Crippen LogP contribution in [0.5, 0.6) is 0 Å². The number of aryl methyl sites for hydroxylation is 1. The lowest BCUT2D eigenvalue weighted by molar-refractivity contribution is -0.121. The van der Waals surface area contributed by atoms with Gasteiger partial charge in [-0.3, -0.25) is 9.59 Å². The SMILES string of the molecule is Cc1ccc(N2C[C@@H](C)N(C(=O)c3cccc(Cl)c3)CC2=O)cc1. The van der Waals surface area contributed by atoms with E-state index in [9.17, 15) is 9.59 Å². The minimum Gasteiger partial charge on any atom is -0.325 e. The van der Waals surface area contributed by atoms with E-state index in [1.807, 2.05) is 38.1 Å². The maximum absolute atomic E-state index is 12.7. The number of hydrogen-bond donors (Lipinski definition) is 0. The molecule has 24 heavy (non-hydrogen) atoms. The van der Waals surface area contributed by atoms with E-state index in [1.54, 1.807) is 34.1 Å². The molecule has 2 amide bonds. The van der Waals surface area contributed by atoms with Gasteiger partial charge in [-0.2, -0.15) is 0 Å². The molecule has 2 aromatic carbocycles. The van der Waals surface area contributed by atoms with Crippen LogP contribution in [0.25, 0.3) is 0 Å². The summed E-state index contributed by atoms with van der Waals surface area (Å²) >= 11 is 5.96. The lowest BCUT2D eigenvalue weighted by Gasteiger charge is -2.39. The largest absolute Gasteiger partial charge is 0.325 e. The van der Waals surface area contributed by atoms with E-state index in [0.717, 1.165) is 11.3 Å². The number of piperazine rings is 1. The Morgan fingerprint density at radius 3 is 2.54 bits per heavy atom. The van der Waals surface area contributed by atoms with Gasteiger partial charge in [0.05, 0.1) is 0 Å². The van der Waals surface area contributed by atoms with Gasteiger partial charge in [0.25, 0.3) is 5.91 Å². The third-order valence-electron chi connectivity index (χ3n) is 4.26. The van der Waals surface area contributed by atoms with Crippen LogP contribution in [-0.4, -0.2) is 35.8 Å². The van der Waals surface area contributed by atoms with Gasteiger partial charge in [0.2, 0.25) is 5.91 Å². The van der Waals surface area contributed by atoms with Crippen molar-refractivity contribution in [1.29, 1.82) is 0 Å². The molecule has 1 saturated heterocycles. The van der Waals surface area contributed by atoms with E-state index in [0.29, 0.717) is 17.1 Å². The molecule has 0 unspecified atom stereocenters. The fourth-order valence-electron chi connectivity index (χ4n) is 2.88. The van der Waals surface area contributed by atoms with E-state index >= 15 is 0 Å². The van der Waals surface area contributed by atoms with Gasteiger partial charge in [0.15, 0.2) is 0 Å². The number of nitrogens with zero attached hydrogens (tertiary/aromatic N) is 2. The summed E-state index contributed by atoms with van der Waals surface area (Å²) in [5.74, 6) is -0.241. The lowest BCUT2D eigenvalue weighted by Crippen LogP contribution is -2.57. The van der Waals surface area contributed by atoms with Crippen LogP contribution in [0, 0.1) is 6.92 Å². The first-order valence-corrected chi connectivity index (χ1v) is 8.27. The number of amides is 2. The first-order chi connectivity index (χ1) is 11.5. The summed E-state index contributed by atoms with van der Waals surface area (Å²) in [4.78, 5) is 28.6. The molecule has 0 bridgehead atoms. The summed E-state index contributed by atoms with van der Waals surface area (Å²) < 4.78 is 0. The fraction of sp³-hybridized carbons (Fsp3) is 0.263. The molecular formula is C19H19ClN2O2. The molecule has 0 spiro atoms. The summed E-state index contributed by atoms with van der Waals surface area (Å²) in [7, 11) is 0. The Hall–Kier alpha value is -2.33. The zero-order chi connectivity index (χ0) is 17.3. The number of halogens is 1. The van der Waals surface area contributed by atoms with Crippen LogP contribution in [0.1, 0.15) is 22.8 Å². The average molecular weight is 343 g/mol.